The lowest BCUT2D eigenvalue weighted by Crippen LogP contribution is -2.46. The first-order chi connectivity index (χ1) is 9.45. The van der Waals surface area contributed by atoms with Crippen LogP contribution in [0.1, 0.15) is 30.6 Å². The summed E-state index contributed by atoms with van der Waals surface area (Å²) >= 11 is 0. The molecule has 0 bridgehead atoms. The van der Waals surface area contributed by atoms with Gasteiger partial charge in [-0.25, -0.2) is 0 Å². The maximum absolute atomic E-state index is 12.1. The van der Waals surface area contributed by atoms with E-state index in [2.05, 4.69) is 10.3 Å². The fourth-order valence-electron chi connectivity index (χ4n) is 1.72. The predicted molar refractivity (Wildman–Crippen MR) is 73.3 cm³/mol. The number of nitrogens with one attached hydrogen (secondary N) is 1. The molecule has 1 aromatic heterocycles. The highest BCUT2D eigenvalue weighted by molar-refractivity contribution is 5.97. The zero-order chi connectivity index (χ0) is 15.1. The third-order valence-corrected chi connectivity index (χ3v) is 2.73. The van der Waals surface area contributed by atoms with Crippen molar-refractivity contribution in [1.29, 1.82) is 5.26 Å². The Morgan fingerprint density at radius 1 is 1.40 bits per heavy atom. The van der Waals surface area contributed by atoms with Crippen LogP contribution in [0.2, 0.25) is 0 Å². The van der Waals surface area contributed by atoms with Crippen LogP contribution < -0.4 is 5.32 Å². The van der Waals surface area contributed by atoms with Gasteiger partial charge in [-0.05, 0) is 24.5 Å². The molecule has 2 amide bonds. The van der Waals surface area contributed by atoms with Crippen LogP contribution in [-0.4, -0.2) is 34.8 Å². The van der Waals surface area contributed by atoms with Crippen molar-refractivity contribution in [1.82, 2.24) is 15.2 Å². The lowest BCUT2D eigenvalue weighted by atomic mass is 10.0. The molecule has 0 aromatic carbocycles. The van der Waals surface area contributed by atoms with E-state index in [9.17, 15) is 9.59 Å². The van der Waals surface area contributed by atoms with Crippen LogP contribution in [0.4, 0.5) is 0 Å². The van der Waals surface area contributed by atoms with Gasteiger partial charge < -0.3 is 5.32 Å². The molecular weight excluding hydrogens is 256 g/mol. The highest BCUT2D eigenvalue weighted by Crippen LogP contribution is 2.08. The number of pyridine rings is 1. The third-order valence-electron chi connectivity index (χ3n) is 2.73. The van der Waals surface area contributed by atoms with E-state index < -0.39 is 11.9 Å². The summed E-state index contributed by atoms with van der Waals surface area (Å²) in [4.78, 5) is 28.9. The molecule has 6 nitrogen and oxygen atoms in total. The van der Waals surface area contributed by atoms with Crippen molar-refractivity contribution in [2.75, 3.05) is 7.05 Å². The minimum atomic E-state index is -0.708. The normalized spacial score (nSPS) is 11.6. The first-order valence-electron chi connectivity index (χ1n) is 6.34. The number of carbonyl (C=O) groups is 2. The molecule has 0 radical (unpaired) electrons. The van der Waals surface area contributed by atoms with E-state index in [0.717, 1.165) is 4.90 Å². The number of likely N-dealkylation sites (N-methyl/N-ethyl adjacent to an activating group) is 1. The summed E-state index contributed by atoms with van der Waals surface area (Å²) in [7, 11) is 1.38. The minimum absolute atomic E-state index is 0.216. The predicted octanol–water partition coefficient (Wildman–Crippen LogP) is 1.17. The quantitative estimate of drug-likeness (QED) is 0.645. The Bertz CT molecular complexity index is 508. The number of rotatable bonds is 5. The molecule has 0 aliphatic carbocycles. The first kappa shape index (κ1) is 15.6. The van der Waals surface area contributed by atoms with E-state index in [-0.39, 0.29) is 11.8 Å². The molecular formula is C14H18N4O2. The summed E-state index contributed by atoms with van der Waals surface area (Å²) in [5.41, 5.74) is 0.432. The van der Waals surface area contributed by atoms with E-state index in [0.29, 0.717) is 12.0 Å². The Kier molecular flexibility index (Phi) is 5.66. The van der Waals surface area contributed by atoms with Gasteiger partial charge in [0.1, 0.15) is 6.04 Å². The zero-order valence-electron chi connectivity index (χ0n) is 11.8. The highest BCUT2D eigenvalue weighted by Gasteiger charge is 2.25. The molecule has 6 heteroatoms. The number of amides is 2. The van der Waals surface area contributed by atoms with E-state index >= 15 is 0 Å². The van der Waals surface area contributed by atoms with Gasteiger partial charge in [-0.1, -0.05) is 13.8 Å². The van der Waals surface area contributed by atoms with Gasteiger partial charge in [0.2, 0.25) is 0 Å². The highest BCUT2D eigenvalue weighted by atomic mass is 16.2. The number of carbonyl (C=O) groups excluding carboxylic acids is 2. The summed E-state index contributed by atoms with van der Waals surface area (Å²) in [5.74, 6) is -0.546. The Morgan fingerprint density at radius 2 is 2.00 bits per heavy atom. The fourth-order valence-corrected chi connectivity index (χ4v) is 1.72. The molecule has 0 aliphatic rings. The first-order valence-corrected chi connectivity index (χ1v) is 6.34. The van der Waals surface area contributed by atoms with Crippen molar-refractivity contribution < 1.29 is 9.59 Å². The van der Waals surface area contributed by atoms with Gasteiger partial charge in [0.15, 0.2) is 6.19 Å². The molecule has 0 fully saturated rings. The van der Waals surface area contributed by atoms with E-state index in [4.69, 9.17) is 5.26 Å². The Labute approximate surface area is 118 Å². The van der Waals surface area contributed by atoms with Crippen molar-refractivity contribution in [2.45, 2.75) is 26.3 Å². The summed E-state index contributed by atoms with van der Waals surface area (Å²) in [6, 6.07) is 2.43. The van der Waals surface area contributed by atoms with Gasteiger partial charge in [-0.3, -0.25) is 19.5 Å². The molecule has 1 unspecified atom stereocenters. The van der Waals surface area contributed by atoms with Crippen LogP contribution in [0.3, 0.4) is 0 Å². The molecule has 1 heterocycles. The number of hydrogen-bond donors (Lipinski definition) is 1. The monoisotopic (exact) mass is 274 g/mol. The molecule has 0 spiro atoms. The average Bonchev–Trinajstić information content (AvgIpc) is 2.45. The Morgan fingerprint density at radius 3 is 2.50 bits per heavy atom. The SMILES string of the molecule is CC(C)CC(NC(=O)c1ccncc1)C(=O)N(C)C#N. The topological polar surface area (TPSA) is 86.1 Å². The van der Waals surface area contributed by atoms with E-state index in [1.807, 2.05) is 13.8 Å². The standard InChI is InChI=1S/C14H18N4O2/c1-10(2)8-12(14(20)18(3)9-15)17-13(19)11-4-6-16-7-5-11/h4-7,10,12H,8H2,1-3H3,(H,17,19). The van der Waals surface area contributed by atoms with Crippen LogP contribution in [0.5, 0.6) is 0 Å². The van der Waals surface area contributed by atoms with Crippen LogP contribution in [0.15, 0.2) is 24.5 Å². The second kappa shape index (κ2) is 7.24. The molecule has 1 aromatic rings. The van der Waals surface area contributed by atoms with Gasteiger partial charge in [0.05, 0.1) is 0 Å². The fraction of sp³-hybridized carbons (Fsp3) is 0.429. The van der Waals surface area contributed by atoms with Crippen LogP contribution in [0.25, 0.3) is 0 Å². The molecule has 0 aliphatic heterocycles. The van der Waals surface area contributed by atoms with Gasteiger partial charge in [-0.15, -0.1) is 0 Å². The largest absolute Gasteiger partial charge is 0.340 e. The van der Waals surface area contributed by atoms with Gasteiger partial charge >= 0.3 is 0 Å². The van der Waals surface area contributed by atoms with Crippen molar-refractivity contribution in [3.8, 4) is 6.19 Å². The summed E-state index contributed by atoms with van der Waals surface area (Å²) in [6.07, 6.45) is 5.25. The zero-order valence-corrected chi connectivity index (χ0v) is 11.8. The number of aromatic nitrogens is 1. The van der Waals surface area contributed by atoms with E-state index in [1.54, 1.807) is 18.3 Å². The van der Waals surface area contributed by atoms with Crippen molar-refractivity contribution in [3.05, 3.63) is 30.1 Å². The van der Waals surface area contributed by atoms with Crippen LogP contribution >= 0.6 is 0 Å². The molecule has 1 atom stereocenters. The second-order valence-corrected chi connectivity index (χ2v) is 4.89. The maximum Gasteiger partial charge on any atom is 0.257 e. The lowest BCUT2D eigenvalue weighted by molar-refractivity contribution is -0.129. The molecule has 0 saturated carbocycles. The van der Waals surface area contributed by atoms with Gasteiger partial charge in [-0.2, -0.15) is 5.26 Å². The number of nitrogens with zero attached hydrogens (tertiary/aromatic N) is 3. The van der Waals surface area contributed by atoms with Gasteiger partial charge in [0, 0.05) is 25.0 Å². The third kappa shape index (κ3) is 4.35. The minimum Gasteiger partial charge on any atom is -0.340 e. The summed E-state index contributed by atoms with van der Waals surface area (Å²) in [6.45, 7) is 3.90. The van der Waals surface area contributed by atoms with Crippen molar-refractivity contribution >= 4 is 11.8 Å². The van der Waals surface area contributed by atoms with Crippen LogP contribution in [-0.2, 0) is 4.79 Å². The van der Waals surface area contributed by atoms with Gasteiger partial charge in [0.25, 0.3) is 11.8 Å². The molecule has 106 valence electrons. The van der Waals surface area contributed by atoms with Crippen molar-refractivity contribution in [2.24, 2.45) is 5.92 Å². The molecule has 0 saturated heterocycles. The average molecular weight is 274 g/mol. The smallest absolute Gasteiger partial charge is 0.257 e. The second-order valence-electron chi connectivity index (χ2n) is 4.89. The maximum atomic E-state index is 12.1. The molecule has 1 rings (SSSR count). The summed E-state index contributed by atoms with van der Waals surface area (Å²) < 4.78 is 0. The molecule has 1 N–H and O–H groups in total. The number of nitriles is 1. The van der Waals surface area contributed by atoms with Crippen LogP contribution in [0, 0.1) is 17.4 Å². The summed E-state index contributed by atoms with van der Waals surface area (Å²) in [5, 5.41) is 11.4. The lowest BCUT2D eigenvalue weighted by Gasteiger charge is -2.21. The molecule has 20 heavy (non-hydrogen) atoms. The van der Waals surface area contributed by atoms with Crippen molar-refractivity contribution in [3.63, 3.8) is 0 Å². The Hall–Kier alpha value is -2.42. The Balaban J connectivity index is 2.83. The van der Waals surface area contributed by atoms with E-state index in [1.165, 1.54) is 19.4 Å². The number of hydrogen-bond acceptors (Lipinski definition) is 4.